The Balaban J connectivity index is 1.66. The molecule has 2 unspecified atom stereocenters. The first-order valence-corrected chi connectivity index (χ1v) is 10.5. The molecule has 140 valence electrons. The first-order valence-electron chi connectivity index (χ1n) is 8.78. The first-order chi connectivity index (χ1) is 13.0. The molecule has 0 aliphatic carbocycles. The molecule has 3 rings (SSSR count). The van der Waals surface area contributed by atoms with E-state index in [1.54, 1.807) is 11.8 Å². The molecule has 0 radical (unpaired) electrons. The van der Waals surface area contributed by atoms with E-state index in [-0.39, 0.29) is 17.2 Å². The van der Waals surface area contributed by atoms with Crippen molar-refractivity contribution in [3.05, 3.63) is 76.5 Å². The summed E-state index contributed by atoms with van der Waals surface area (Å²) in [6.07, 6.45) is 1.83. The van der Waals surface area contributed by atoms with Crippen molar-refractivity contribution in [3.8, 4) is 5.69 Å². The van der Waals surface area contributed by atoms with Crippen LogP contribution in [0, 0.1) is 6.92 Å². The number of benzene rings is 2. The largest absolute Gasteiger partial charge is 0.348 e. The van der Waals surface area contributed by atoms with Crippen molar-refractivity contribution < 1.29 is 4.79 Å². The maximum absolute atomic E-state index is 12.6. The molecule has 27 heavy (non-hydrogen) atoms. The van der Waals surface area contributed by atoms with Gasteiger partial charge in [-0.25, -0.2) is 4.68 Å². The van der Waals surface area contributed by atoms with Gasteiger partial charge in [-0.05, 0) is 57.2 Å². The van der Waals surface area contributed by atoms with E-state index in [9.17, 15) is 4.79 Å². The number of halogens is 1. The second kappa shape index (κ2) is 8.76. The van der Waals surface area contributed by atoms with Gasteiger partial charge in [-0.1, -0.05) is 34.1 Å². The molecular formula is C21H22BrN3OS. The average Bonchev–Trinajstić information content (AvgIpc) is 3.05. The SMILES string of the molecule is Cc1c(C(C)NC(=O)C(C)Sc2ccc(Br)cc2)cnn1-c1ccccc1. The van der Waals surface area contributed by atoms with E-state index < -0.39 is 0 Å². The van der Waals surface area contributed by atoms with E-state index in [1.807, 2.05) is 86.2 Å². The monoisotopic (exact) mass is 443 g/mol. The molecule has 3 aromatic rings. The lowest BCUT2D eigenvalue weighted by Crippen LogP contribution is -2.33. The lowest BCUT2D eigenvalue weighted by atomic mass is 10.1. The van der Waals surface area contributed by atoms with Crippen LogP contribution in [0.15, 0.2) is 70.2 Å². The van der Waals surface area contributed by atoms with Crippen molar-refractivity contribution >= 4 is 33.6 Å². The molecule has 1 N–H and O–H groups in total. The van der Waals surface area contributed by atoms with Gasteiger partial charge >= 0.3 is 0 Å². The quantitative estimate of drug-likeness (QED) is 0.525. The van der Waals surface area contributed by atoms with Crippen LogP contribution < -0.4 is 5.32 Å². The van der Waals surface area contributed by atoms with Crippen LogP contribution in [0.4, 0.5) is 0 Å². The lowest BCUT2D eigenvalue weighted by molar-refractivity contribution is -0.120. The zero-order valence-electron chi connectivity index (χ0n) is 15.5. The highest BCUT2D eigenvalue weighted by molar-refractivity contribution is 9.10. The minimum atomic E-state index is -0.182. The third kappa shape index (κ3) is 4.82. The van der Waals surface area contributed by atoms with Crippen LogP contribution in [0.5, 0.6) is 0 Å². The Kier molecular flexibility index (Phi) is 6.39. The molecule has 2 atom stereocenters. The summed E-state index contributed by atoms with van der Waals surface area (Å²) in [6.45, 7) is 5.95. The Hall–Kier alpha value is -2.05. The van der Waals surface area contributed by atoms with E-state index in [1.165, 1.54) is 0 Å². The molecule has 0 spiro atoms. The van der Waals surface area contributed by atoms with Crippen molar-refractivity contribution in [2.24, 2.45) is 0 Å². The summed E-state index contributed by atoms with van der Waals surface area (Å²) in [4.78, 5) is 13.7. The van der Waals surface area contributed by atoms with Gasteiger partial charge < -0.3 is 5.32 Å². The van der Waals surface area contributed by atoms with E-state index in [4.69, 9.17) is 0 Å². The summed E-state index contributed by atoms with van der Waals surface area (Å²) < 4.78 is 2.93. The summed E-state index contributed by atoms with van der Waals surface area (Å²) >= 11 is 4.98. The number of nitrogens with zero attached hydrogens (tertiary/aromatic N) is 2. The molecule has 1 heterocycles. The van der Waals surface area contributed by atoms with Crippen LogP contribution in [-0.4, -0.2) is 20.9 Å². The third-order valence-electron chi connectivity index (χ3n) is 4.37. The summed E-state index contributed by atoms with van der Waals surface area (Å²) in [5, 5.41) is 7.42. The van der Waals surface area contributed by atoms with Crippen LogP contribution in [0.1, 0.15) is 31.1 Å². The highest BCUT2D eigenvalue weighted by Crippen LogP contribution is 2.26. The van der Waals surface area contributed by atoms with Crippen LogP contribution >= 0.6 is 27.7 Å². The van der Waals surface area contributed by atoms with E-state index in [0.717, 1.165) is 26.3 Å². The van der Waals surface area contributed by atoms with Gasteiger partial charge in [0.15, 0.2) is 0 Å². The fourth-order valence-electron chi connectivity index (χ4n) is 2.86. The zero-order chi connectivity index (χ0) is 19.4. The van der Waals surface area contributed by atoms with E-state index in [2.05, 4.69) is 26.3 Å². The average molecular weight is 444 g/mol. The third-order valence-corrected chi connectivity index (χ3v) is 6.01. The molecule has 2 aromatic carbocycles. The number of carbonyl (C=O) groups excluding carboxylic acids is 1. The highest BCUT2D eigenvalue weighted by atomic mass is 79.9. The fourth-order valence-corrected chi connectivity index (χ4v) is 4.00. The molecule has 4 nitrogen and oxygen atoms in total. The predicted molar refractivity (Wildman–Crippen MR) is 114 cm³/mol. The van der Waals surface area contributed by atoms with Crippen molar-refractivity contribution in [3.63, 3.8) is 0 Å². The minimum absolute atomic E-state index is 0.0160. The molecule has 0 saturated carbocycles. The molecule has 1 aromatic heterocycles. The predicted octanol–water partition coefficient (Wildman–Crippen LogP) is 5.30. The number of hydrogen-bond donors (Lipinski definition) is 1. The normalized spacial score (nSPS) is 13.2. The van der Waals surface area contributed by atoms with E-state index >= 15 is 0 Å². The number of thioether (sulfide) groups is 1. The Bertz CT molecular complexity index is 909. The number of aromatic nitrogens is 2. The van der Waals surface area contributed by atoms with Crippen LogP contribution in [-0.2, 0) is 4.79 Å². The van der Waals surface area contributed by atoms with Gasteiger partial charge in [-0.2, -0.15) is 5.10 Å². The molecule has 6 heteroatoms. The minimum Gasteiger partial charge on any atom is -0.348 e. The van der Waals surface area contributed by atoms with Gasteiger partial charge in [0.1, 0.15) is 0 Å². The Labute approximate surface area is 172 Å². The summed E-state index contributed by atoms with van der Waals surface area (Å²) in [6, 6.07) is 17.9. The number of para-hydroxylation sites is 1. The van der Waals surface area contributed by atoms with Crippen molar-refractivity contribution in [2.75, 3.05) is 0 Å². The maximum Gasteiger partial charge on any atom is 0.233 e. The lowest BCUT2D eigenvalue weighted by Gasteiger charge is -2.17. The van der Waals surface area contributed by atoms with Gasteiger partial charge in [-0.3, -0.25) is 4.79 Å². The smallest absolute Gasteiger partial charge is 0.233 e. The number of rotatable bonds is 6. The Morgan fingerprint density at radius 2 is 1.78 bits per heavy atom. The molecule has 0 fully saturated rings. The number of amides is 1. The molecule has 0 bridgehead atoms. The second-order valence-corrected chi connectivity index (χ2v) is 8.71. The number of nitrogens with one attached hydrogen (secondary N) is 1. The van der Waals surface area contributed by atoms with Crippen molar-refractivity contribution in [1.29, 1.82) is 0 Å². The number of hydrogen-bond acceptors (Lipinski definition) is 3. The molecular weight excluding hydrogens is 422 g/mol. The highest BCUT2D eigenvalue weighted by Gasteiger charge is 2.20. The van der Waals surface area contributed by atoms with Crippen molar-refractivity contribution in [1.82, 2.24) is 15.1 Å². The van der Waals surface area contributed by atoms with Crippen LogP contribution in [0.25, 0.3) is 5.69 Å². The second-order valence-electron chi connectivity index (χ2n) is 6.38. The fraction of sp³-hybridized carbons (Fsp3) is 0.238. The molecule has 0 aliphatic heterocycles. The standard InChI is InChI=1S/C21H22BrN3OS/c1-14(20-13-23-25(15(20)2)18-7-5-4-6-8-18)24-21(26)16(3)27-19-11-9-17(22)10-12-19/h4-14,16H,1-3H3,(H,24,26). The first kappa shape index (κ1) is 19.7. The van der Waals surface area contributed by atoms with Gasteiger partial charge in [-0.15, -0.1) is 11.8 Å². The molecule has 0 saturated heterocycles. The van der Waals surface area contributed by atoms with Gasteiger partial charge in [0, 0.05) is 20.6 Å². The van der Waals surface area contributed by atoms with E-state index in [0.29, 0.717) is 0 Å². The maximum atomic E-state index is 12.6. The van der Waals surface area contributed by atoms with Crippen molar-refractivity contribution in [2.45, 2.75) is 37.0 Å². The molecule has 0 aliphatic rings. The Morgan fingerprint density at radius 3 is 2.44 bits per heavy atom. The zero-order valence-corrected chi connectivity index (χ0v) is 17.9. The summed E-state index contributed by atoms with van der Waals surface area (Å²) in [7, 11) is 0. The van der Waals surface area contributed by atoms with Gasteiger partial charge in [0.05, 0.1) is 23.2 Å². The summed E-state index contributed by atoms with van der Waals surface area (Å²) in [5.74, 6) is 0.0160. The summed E-state index contributed by atoms with van der Waals surface area (Å²) in [5.41, 5.74) is 3.06. The Morgan fingerprint density at radius 1 is 1.11 bits per heavy atom. The molecule has 1 amide bonds. The van der Waals surface area contributed by atoms with Gasteiger partial charge in [0.25, 0.3) is 0 Å². The van der Waals surface area contributed by atoms with Crippen LogP contribution in [0.2, 0.25) is 0 Å². The van der Waals surface area contributed by atoms with Gasteiger partial charge in [0.2, 0.25) is 5.91 Å². The number of carbonyl (C=O) groups is 1. The topological polar surface area (TPSA) is 46.9 Å². The van der Waals surface area contributed by atoms with Crippen LogP contribution in [0.3, 0.4) is 0 Å².